The molecule has 0 spiro atoms. The van der Waals surface area contributed by atoms with Crippen molar-refractivity contribution >= 4 is 32.5 Å². The zero-order valence-electron chi connectivity index (χ0n) is 14.7. The Morgan fingerprint density at radius 1 is 1.00 bits per heavy atom. The predicted octanol–water partition coefficient (Wildman–Crippen LogP) is 3.58. The largest absolute Gasteiger partial charge is 0.482 e. The topological polar surface area (TPSA) is 81.7 Å². The van der Waals surface area contributed by atoms with Gasteiger partial charge in [-0.15, -0.1) is 0 Å². The van der Waals surface area contributed by atoms with Gasteiger partial charge in [0, 0.05) is 11.5 Å². The van der Waals surface area contributed by atoms with Gasteiger partial charge in [-0.1, -0.05) is 42.5 Å². The van der Waals surface area contributed by atoms with E-state index in [4.69, 9.17) is 9.47 Å². The Kier molecular flexibility index (Phi) is 5.61. The zero-order valence-corrected chi connectivity index (χ0v) is 15.5. The van der Waals surface area contributed by atoms with Crippen LogP contribution in [-0.2, 0) is 19.6 Å². The number of carbonyl (C=O) groups is 1. The first-order valence-electron chi connectivity index (χ1n) is 8.38. The minimum absolute atomic E-state index is 0.193. The van der Waals surface area contributed by atoms with Gasteiger partial charge in [0.2, 0.25) is 0 Å². The molecule has 140 valence electrons. The molecule has 0 saturated heterocycles. The number of rotatable bonds is 7. The first-order chi connectivity index (χ1) is 13.0. The molecule has 1 N–H and O–H groups in total. The maximum absolute atomic E-state index is 12.9. The average Bonchev–Trinajstić information content (AvgIpc) is 2.66. The number of anilines is 1. The molecule has 0 aliphatic heterocycles. The van der Waals surface area contributed by atoms with Gasteiger partial charge >= 0.3 is 5.97 Å². The van der Waals surface area contributed by atoms with E-state index >= 15 is 0 Å². The molecule has 0 aliphatic rings. The van der Waals surface area contributed by atoms with Gasteiger partial charge in [0.25, 0.3) is 10.0 Å². The molecule has 3 aromatic rings. The Morgan fingerprint density at radius 2 is 1.74 bits per heavy atom. The lowest BCUT2D eigenvalue weighted by Crippen LogP contribution is -2.15. The van der Waals surface area contributed by atoms with Gasteiger partial charge < -0.3 is 9.47 Å². The molecule has 0 aromatic heterocycles. The second-order valence-corrected chi connectivity index (χ2v) is 7.36. The van der Waals surface area contributed by atoms with E-state index in [0.717, 1.165) is 5.39 Å². The van der Waals surface area contributed by atoms with Crippen molar-refractivity contribution in [1.82, 2.24) is 0 Å². The summed E-state index contributed by atoms with van der Waals surface area (Å²) in [6, 6.07) is 18.8. The van der Waals surface area contributed by atoms with Crippen LogP contribution in [0.15, 0.2) is 71.6 Å². The summed E-state index contributed by atoms with van der Waals surface area (Å²) in [7, 11) is -3.79. The number of sulfonamides is 1. The molecule has 0 aliphatic carbocycles. The summed E-state index contributed by atoms with van der Waals surface area (Å²) in [5.41, 5.74) is 0.337. The fourth-order valence-corrected chi connectivity index (χ4v) is 3.91. The van der Waals surface area contributed by atoms with Crippen LogP contribution in [0.5, 0.6) is 5.75 Å². The molecule has 3 aromatic carbocycles. The van der Waals surface area contributed by atoms with Crippen LogP contribution in [0.2, 0.25) is 0 Å². The summed E-state index contributed by atoms with van der Waals surface area (Å²) in [6.07, 6.45) is 0. The van der Waals surface area contributed by atoms with E-state index in [9.17, 15) is 13.2 Å². The number of carbonyl (C=O) groups excluding carboxylic acids is 1. The second-order valence-electron chi connectivity index (χ2n) is 5.70. The number of hydrogen-bond acceptors (Lipinski definition) is 5. The lowest BCUT2D eigenvalue weighted by atomic mass is 10.1. The summed E-state index contributed by atoms with van der Waals surface area (Å²) >= 11 is 0. The standard InChI is InChI=1S/C20H19NO5S/c1-2-25-20(22)14-26-17-10-6-9-16(13-17)21-27(23,24)19-12-5-8-15-7-3-4-11-18(15)19/h3-13,21H,2,14H2,1H3. The van der Waals surface area contributed by atoms with Crippen molar-refractivity contribution in [2.24, 2.45) is 0 Å². The highest BCUT2D eigenvalue weighted by molar-refractivity contribution is 7.93. The molecule has 3 rings (SSSR count). The molecule has 0 heterocycles. The summed E-state index contributed by atoms with van der Waals surface area (Å²) < 4.78 is 38.4. The van der Waals surface area contributed by atoms with Crippen LogP contribution in [0.3, 0.4) is 0 Å². The van der Waals surface area contributed by atoms with E-state index in [1.807, 2.05) is 18.2 Å². The first-order valence-corrected chi connectivity index (χ1v) is 9.87. The van der Waals surface area contributed by atoms with Crippen molar-refractivity contribution in [2.75, 3.05) is 17.9 Å². The van der Waals surface area contributed by atoms with E-state index in [-0.39, 0.29) is 18.1 Å². The molecule has 0 saturated carbocycles. The van der Waals surface area contributed by atoms with Crippen LogP contribution in [0, 0.1) is 0 Å². The van der Waals surface area contributed by atoms with Crippen molar-refractivity contribution < 1.29 is 22.7 Å². The Hall–Kier alpha value is -3.06. The van der Waals surface area contributed by atoms with Crippen molar-refractivity contribution in [2.45, 2.75) is 11.8 Å². The first kappa shape index (κ1) is 18.7. The highest BCUT2D eigenvalue weighted by atomic mass is 32.2. The molecule has 0 radical (unpaired) electrons. The summed E-state index contributed by atoms with van der Waals surface area (Å²) in [4.78, 5) is 11.6. The molecule has 0 amide bonds. The van der Waals surface area contributed by atoms with Gasteiger partial charge in [-0.3, -0.25) is 4.72 Å². The highest BCUT2D eigenvalue weighted by Gasteiger charge is 2.17. The number of nitrogens with one attached hydrogen (secondary N) is 1. The Bertz CT molecular complexity index is 1060. The predicted molar refractivity (Wildman–Crippen MR) is 103 cm³/mol. The molecular formula is C20H19NO5S. The van der Waals surface area contributed by atoms with Crippen LogP contribution in [0.4, 0.5) is 5.69 Å². The normalized spacial score (nSPS) is 11.1. The van der Waals surface area contributed by atoms with Crippen molar-refractivity contribution in [3.8, 4) is 5.75 Å². The number of esters is 1. The molecule has 0 atom stereocenters. The molecule has 0 bridgehead atoms. The van der Waals surface area contributed by atoms with Crippen molar-refractivity contribution in [3.63, 3.8) is 0 Å². The van der Waals surface area contributed by atoms with E-state index < -0.39 is 16.0 Å². The van der Waals surface area contributed by atoms with E-state index in [1.165, 1.54) is 6.07 Å². The van der Waals surface area contributed by atoms with Gasteiger partial charge in [-0.05, 0) is 30.5 Å². The van der Waals surface area contributed by atoms with Crippen molar-refractivity contribution in [1.29, 1.82) is 0 Å². The molecule has 27 heavy (non-hydrogen) atoms. The quantitative estimate of drug-likeness (QED) is 0.629. The lowest BCUT2D eigenvalue weighted by molar-refractivity contribution is -0.145. The molecule has 6 nitrogen and oxygen atoms in total. The van der Waals surface area contributed by atoms with Gasteiger partial charge in [0.05, 0.1) is 17.2 Å². The second kappa shape index (κ2) is 8.09. The van der Waals surface area contributed by atoms with Gasteiger partial charge in [0.1, 0.15) is 5.75 Å². The van der Waals surface area contributed by atoms with Crippen molar-refractivity contribution in [3.05, 3.63) is 66.7 Å². The Balaban J connectivity index is 1.82. The molecule has 0 fully saturated rings. The maximum Gasteiger partial charge on any atom is 0.344 e. The third kappa shape index (κ3) is 4.57. The molecule has 7 heteroatoms. The third-order valence-electron chi connectivity index (χ3n) is 3.79. The smallest absolute Gasteiger partial charge is 0.344 e. The van der Waals surface area contributed by atoms with Gasteiger partial charge in [-0.25, -0.2) is 13.2 Å². The average molecular weight is 385 g/mol. The lowest BCUT2D eigenvalue weighted by Gasteiger charge is -2.12. The van der Waals surface area contributed by atoms with Crippen LogP contribution < -0.4 is 9.46 Å². The fraction of sp³-hybridized carbons (Fsp3) is 0.150. The minimum Gasteiger partial charge on any atom is -0.482 e. The third-order valence-corrected chi connectivity index (χ3v) is 5.23. The number of ether oxygens (including phenoxy) is 2. The number of hydrogen-bond donors (Lipinski definition) is 1. The van der Waals surface area contributed by atoms with Crippen LogP contribution in [0.1, 0.15) is 6.92 Å². The van der Waals surface area contributed by atoms with Crippen LogP contribution in [0.25, 0.3) is 10.8 Å². The highest BCUT2D eigenvalue weighted by Crippen LogP contribution is 2.26. The van der Waals surface area contributed by atoms with Crippen LogP contribution >= 0.6 is 0 Å². The fourth-order valence-electron chi connectivity index (χ4n) is 2.63. The van der Waals surface area contributed by atoms with Gasteiger partial charge in [-0.2, -0.15) is 0 Å². The Morgan fingerprint density at radius 3 is 2.56 bits per heavy atom. The Labute approximate surface area is 157 Å². The number of fused-ring (bicyclic) bond motifs is 1. The van der Waals surface area contributed by atoms with Gasteiger partial charge in [0.15, 0.2) is 6.61 Å². The molecule has 0 unspecified atom stereocenters. The summed E-state index contributed by atoms with van der Waals surface area (Å²) in [5, 5.41) is 1.48. The van der Waals surface area contributed by atoms with E-state index in [0.29, 0.717) is 16.8 Å². The molecular weight excluding hydrogens is 366 g/mol. The van der Waals surface area contributed by atoms with E-state index in [2.05, 4.69) is 4.72 Å². The number of benzene rings is 3. The van der Waals surface area contributed by atoms with Crippen LogP contribution in [-0.4, -0.2) is 27.6 Å². The summed E-state index contributed by atoms with van der Waals surface area (Å²) in [6.45, 7) is 1.74. The maximum atomic E-state index is 12.9. The van der Waals surface area contributed by atoms with E-state index in [1.54, 1.807) is 49.4 Å². The SMILES string of the molecule is CCOC(=O)COc1cccc(NS(=O)(=O)c2cccc3ccccc23)c1. The zero-order chi connectivity index (χ0) is 19.3. The minimum atomic E-state index is -3.79. The summed E-state index contributed by atoms with van der Waals surface area (Å²) in [5.74, 6) is -0.125. The monoisotopic (exact) mass is 385 g/mol.